The van der Waals surface area contributed by atoms with Crippen LogP contribution in [0.1, 0.15) is 36.1 Å². The number of aromatic nitrogens is 3. The van der Waals surface area contributed by atoms with Gasteiger partial charge in [-0.25, -0.2) is 0 Å². The van der Waals surface area contributed by atoms with Gasteiger partial charge in [-0.2, -0.15) is 0 Å². The van der Waals surface area contributed by atoms with Gasteiger partial charge in [-0.15, -0.1) is 16.8 Å². The number of thioether (sulfide) groups is 1. The molecule has 0 aliphatic heterocycles. The first-order valence-corrected chi connectivity index (χ1v) is 12.8. The lowest BCUT2D eigenvalue weighted by atomic mass is 10.0. The molecule has 3 aromatic rings. The molecule has 0 aliphatic rings. The first-order chi connectivity index (χ1) is 16.8. The number of ether oxygens (including phenoxy) is 1. The molecular weight excluding hydrogens is 530 g/mol. The Morgan fingerprint density at radius 1 is 1.14 bits per heavy atom. The van der Waals surface area contributed by atoms with Gasteiger partial charge in [0.2, 0.25) is 5.91 Å². The fraction of sp³-hybridized carbons (Fsp3) is 0.280. The number of benzene rings is 2. The van der Waals surface area contributed by atoms with E-state index in [-0.39, 0.29) is 29.5 Å². The molecule has 3 rings (SSSR count). The molecule has 0 radical (unpaired) electrons. The van der Waals surface area contributed by atoms with Crippen molar-refractivity contribution in [3.63, 3.8) is 0 Å². The molecule has 0 bridgehead atoms. The summed E-state index contributed by atoms with van der Waals surface area (Å²) in [5.41, 5.74) is 1.23. The third-order valence-electron chi connectivity index (χ3n) is 5.10. The fourth-order valence-corrected chi connectivity index (χ4v) is 4.31. The number of allylic oxidation sites excluding steroid dienone is 1. The Kier molecular flexibility index (Phi) is 9.50. The lowest BCUT2D eigenvalue weighted by Gasteiger charge is -2.22. The van der Waals surface area contributed by atoms with E-state index in [2.05, 4.69) is 43.3 Å². The standard InChI is InChI=1S/C25H28BrN5O3S/c1-5-14-31-23(22(16(2)3)28-24(33)17-6-12-20(34-4)13-7-17)29-30-25(31)35-15-21(32)27-19-10-8-18(26)9-11-19/h5-13,16,22H,1,14-15H2,2-4H3,(H,27,32)(H,28,33)/t22-/m1/s1. The lowest BCUT2D eigenvalue weighted by molar-refractivity contribution is -0.113. The van der Waals surface area contributed by atoms with Crippen molar-refractivity contribution in [2.45, 2.75) is 31.6 Å². The summed E-state index contributed by atoms with van der Waals surface area (Å²) in [6.45, 7) is 8.29. The Balaban J connectivity index is 1.73. The van der Waals surface area contributed by atoms with E-state index in [1.54, 1.807) is 37.5 Å². The van der Waals surface area contributed by atoms with Crippen LogP contribution >= 0.6 is 27.7 Å². The Morgan fingerprint density at radius 2 is 1.83 bits per heavy atom. The molecule has 0 spiro atoms. The quantitative estimate of drug-likeness (QED) is 0.251. The third kappa shape index (κ3) is 7.19. The van der Waals surface area contributed by atoms with Gasteiger partial charge in [0.15, 0.2) is 11.0 Å². The van der Waals surface area contributed by atoms with Crippen LogP contribution in [0.3, 0.4) is 0 Å². The maximum absolute atomic E-state index is 12.9. The molecule has 2 amide bonds. The van der Waals surface area contributed by atoms with Gasteiger partial charge in [-0.3, -0.25) is 9.59 Å². The van der Waals surface area contributed by atoms with Crippen LogP contribution < -0.4 is 15.4 Å². The van der Waals surface area contributed by atoms with Crippen molar-refractivity contribution in [1.29, 1.82) is 0 Å². The minimum atomic E-state index is -0.386. The van der Waals surface area contributed by atoms with Crippen LogP contribution in [-0.2, 0) is 11.3 Å². The highest BCUT2D eigenvalue weighted by Crippen LogP contribution is 2.26. The number of anilines is 1. The van der Waals surface area contributed by atoms with Crippen LogP contribution in [-0.4, -0.2) is 39.4 Å². The van der Waals surface area contributed by atoms with E-state index in [0.29, 0.717) is 34.5 Å². The van der Waals surface area contributed by atoms with Crippen molar-refractivity contribution >= 4 is 45.2 Å². The number of halogens is 1. The number of rotatable bonds is 11. The van der Waals surface area contributed by atoms with Crippen molar-refractivity contribution < 1.29 is 14.3 Å². The predicted molar refractivity (Wildman–Crippen MR) is 142 cm³/mol. The fourth-order valence-electron chi connectivity index (χ4n) is 3.29. The summed E-state index contributed by atoms with van der Waals surface area (Å²) in [7, 11) is 1.58. The molecule has 2 aromatic carbocycles. The second kappa shape index (κ2) is 12.6. The molecule has 0 saturated heterocycles. The van der Waals surface area contributed by atoms with Crippen molar-refractivity contribution in [1.82, 2.24) is 20.1 Å². The van der Waals surface area contributed by atoms with E-state index in [1.165, 1.54) is 11.8 Å². The normalized spacial score (nSPS) is 11.7. The zero-order valence-electron chi connectivity index (χ0n) is 19.8. The molecule has 0 fully saturated rings. The van der Waals surface area contributed by atoms with Gasteiger partial charge in [0.25, 0.3) is 5.91 Å². The molecule has 0 aliphatic carbocycles. The highest BCUT2D eigenvalue weighted by molar-refractivity contribution is 9.10. The van der Waals surface area contributed by atoms with Crippen molar-refractivity contribution in [2.24, 2.45) is 5.92 Å². The second-order valence-electron chi connectivity index (χ2n) is 8.01. The van der Waals surface area contributed by atoms with Crippen LogP contribution in [0.2, 0.25) is 0 Å². The number of nitrogens with zero attached hydrogens (tertiary/aromatic N) is 3. The van der Waals surface area contributed by atoms with Crippen molar-refractivity contribution in [2.75, 3.05) is 18.2 Å². The monoisotopic (exact) mass is 557 g/mol. The zero-order chi connectivity index (χ0) is 25.4. The molecule has 0 saturated carbocycles. The minimum Gasteiger partial charge on any atom is -0.497 e. The lowest BCUT2D eigenvalue weighted by Crippen LogP contribution is -2.33. The molecule has 2 N–H and O–H groups in total. The second-order valence-corrected chi connectivity index (χ2v) is 9.87. The number of carbonyl (C=O) groups excluding carboxylic acids is 2. The summed E-state index contributed by atoms with van der Waals surface area (Å²) in [6, 6.07) is 13.9. The topological polar surface area (TPSA) is 98.1 Å². The first-order valence-electron chi connectivity index (χ1n) is 11.0. The molecule has 1 aromatic heterocycles. The average Bonchev–Trinajstić information content (AvgIpc) is 3.24. The summed E-state index contributed by atoms with van der Waals surface area (Å²) in [5.74, 6) is 1.12. The zero-order valence-corrected chi connectivity index (χ0v) is 22.2. The average molecular weight is 559 g/mol. The number of amides is 2. The molecule has 10 heteroatoms. The van der Waals surface area contributed by atoms with E-state index in [1.807, 2.05) is 42.7 Å². The maximum atomic E-state index is 12.9. The SMILES string of the molecule is C=CCn1c(SCC(=O)Nc2ccc(Br)cc2)nnc1[C@H](NC(=O)c1ccc(OC)cc1)C(C)C. The van der Waals surface area contributed by atoms with Crippen molar-refractivity contribution in [3.8, 4) is 5.75 Å². The number of nitrogens with one attached hydrogen (secondary N) is 2. The highest BCUT2D eigenvalue weighted by Gasteiger charge is 2.26. The van der Waals surface area contributed by atoms with Gasteiger partial charge in [-0.05, 0) is 54.4 Å². The van der Waals surface area contributed by atoms with E-state index >= 15 is 0 Å². The van der Waals surface area contributed by atoms with Gasteiger partial charge < -0.3 is 19.9 Å². The third-order valence-corrected chi connectivity index (χ3v) is 6.60. The molecular formula is C25H28BrN5O3S. The summed E-state index contributed by atoms with van der Waals surface area (Å²) < 4.78 is 7.98. The highest BCUT2D eigenvalue weighted by atomic mass is 79.9. The summed E-state index contributed by atoms with van der Waals surface area (Å²) in [4.78, 5) is 25.4. The number of carbonyl (C=O) groups is 2. The maximum Gasteiger partial charge on any atom is 0.251 e. The Labute approximate surface area is 217 Å². The van der Waals surface area contributed by atoms with Crippen LogP contribution in [0.5, 0.6) is 5.75 Å². The summed E-state index contributed by atoms with van der Waals surface area (Å²) in [5, 5.41) is 15.2. The first kappa shape index (κ1) is 26.5. The van der Waals surface area contributed by atoms with E-state index in [0.717, 1.165) is 4.47 Å². The minimum absolute atomic E-state index is 0.0449. The Morgan fingerprint density at radius 3 is 2.43 bits per heavy atom. The number of hydrogen-bond donors (Lipinski definition) is 2. The summed E-state index contributed by atoms with van der Waals surface area (Å²) in [6.07, 6.45) is 1.74. The van der Waals surface area contributed by atoms with Gasteiger partial charge in [0.1, 0.15) is 5.75 Å². The van der Waals surface area contributed by atoms with Crippen LogP contribution in [0.15, 0.2) is 70.8 Å². The predicted octanol–water partition coefficient (Wildman–Crippen LogP) is 5.09. The van der Waals surface area contributed by atoms with Crippen molar-refractivity contribution in [3.05, 3.63) is 77.0 Å². The van der Waals surface area contributed by atoms with E-state index in [4.69, 9.17) is 4.74 Å². The molecule has 1 atom stereocenters. The van der Waals surface area contributed by atoms with E-state index < -0.39 is 0 Å². The number of methoxy groups -OCH3 is 1. The molecule has 8 nitrogen and oxygen atoms in total. The van der Waals surface area contributed by atoms with Gasteiger partial charge in [-0.1, -0.05) is 47.6 Å². The Bertz CT molecular complexity index is 1160. The van der Waals surface area contributed by atoms with Crippen LogP contribution in [0, 0.1) is 5.92 Å². The van der Waals surface area contributed by atoms with Gasteiger partial charge in [0.05, 0.1) is 18.9 Å². The number of hydrogen-bond acceptors (Lipinski definition) is 6. The molecule has 0 unspecified atom stereocenters. The molecule has 1 heterocycles. The Hall–Kier alpha value is -3.11. The largest absolute Gasteiger partial charge is 0.497 e. The van der Waals surface area contributed by atoms with Gasteiger partial charge >= 0.3 is 0 Å². The smallest absolute Gasteiger partial charge is 0.251 e. The van der Waals surface area contributed by atoms with Crippen LogP contribution in [0.4, 0.5) is 5.69 Å². The van der Waals surface area contributed by atoms with Crippen LogP contribution in [0.25, 0.3) is 0 Å². The summed E-state index contributed by atoms with van der Waals surface area (Å²) >= 11 is 4.66. The van der Waals surface area contributed by atoms with Gasteiger partial charge in [0, 0.05) is 22.3 Å². The van der Waals surface area contributed by atoms with E-state index in [9.17, 15) is 9.59 Å². The molecule has 35 heavy (non-hydrogen) atoms. The molecule has 184 valence electrons.